The van der Waals surface area contributed by atoms with Crippen molar-refractivity contribution in [1.29, 1.82) is 0 Å². The Morgan fingerprint density at radius 2 is 1.63 bits per heavy atom. The Morgan fingerprint density at radius 1 is 0.963 bits per heavy atom. The lowest BCUT2D eigenvalue weighted by atomic mass is 10.1. The number of aliphatic hydroxyl groups is 1. The Kier molecular flexibility index (Phi) is 9.38. The second-order valence-electron chi connectivity index (χ2n) is 6.54. The van der Waals surface area contributed by atoms with Gasteiger partial charge in [0, 0.05) is 6.61 Å². The molecule has 0 aromatic heterocycles. The predicted octanol–water partition coefficient (Wildman–Crippen LogP) is 3.06. The van der Waals surface area contributed by atoms with E-state index < -0.39 is 12.0 Å². The Balaban J connectivity index is 1.62. The summed E-state index contributed by atoms with van der Waals surface area (Å²) in [6.07, 6.45) is 3.93. The zero-order valence-corrected chi connectivity index (χ0v) is 15.6. The molecule has 0 saturated heterocycles. The van der Waals surface area contributed by atoms with Gasteiger partial charge in [0.15, 0.2) is 0 Å². The summed E-state index contributed by atoms with van der Waals surface area (Å²) in [5.74, 6) is -0.0448. The van der Waals surface area contributed by atoms with E-state index in [1.54, 1.807) is 0 Å². The molecule has 0 bridgehead atoms. The standard InChI is InChI=1S/C22H29NO4/c24-16-14-21(22(25)26)23-15-4-8-19-10-12-20(13-11-19)27-17-5-9-18-6-2-1-3-7-18/h1-3,6-7,10-13,21,23-24H,4-5,8-9,14-17H2,(H,25,26). The Labute approximate surface area is 161 Å². The minimum absolute atomic E-state index is 0.128. The van der Waals surface area contributed by atoms with Crippen molar-refractivity contribution in [3.05, 3.63) is 65.7 Å². The van der Waals surface area contributed by atoms with Crippen LogP contribution in [0.15, 0.2) is 54.6 Å². The zero-order chi connectivity index (χ0) is 19.3. The lowest BCUT2D eigenvalue weighted by Gasteiger charge is -2.13. The maximum absolute atomic E-state index is 11.0. The molecule has 0 spiro atoms. The first-order valence-corrected chi connectivity index (χ1v) is 9.52. The summed E-state index contributed by atoms with van der Waals surface area (Å²) < 4.78 is 5.79. The van der Waals surface area contributed by atoms with E-state index in [-0.39, 0.29) is 13.0 Å². The monoisotopic (exact) mass is 371 g/mol. The van der Waals surface area contributed by atoms with Crippen LogP contribution in [0.2, 0.25) is 0 Å². The smallest absolute Gasteiger partial charge is 0.320 e. The van der Waals surface area contributed by atoms with Crippen LogP contribution < -0.4 is 10.1 Å². The molecule has 0 aliphatic carbocycles. The number of hydrogen-bond acceptors (Lipinski definition) is 4. The van der Waals surface area contributed by atoms with Crippen LogP contribution in [0, 0.1) is 0 Å². The minimum atomic E-state index is -0.919. The maximum atomic E-state index is 11.0. The van der Waals surface area contributed by atoms with Crippen molar-refractivity contribution in [2.24, 2.45) is 0 Å². The van der Waals surface area contributed by atoms with Crippen molar-refractivity contribution in [1.82, 2.24) is 5.32 Å². The fraction of sp³-hybridized carbons (Fsp3) is 0.409. The highest BCUT2D eigenvalue weighted by Gasteiger charge is 2.14. The van der Waals surface area contributed by atoms with E-state index in [1.165, 1.54) is 11.1 Å². The average Bonchev–Trinajstić information content (AvgIpc) is 2.69. The summed E-state index contributed by atoms with van der Waals surface area (Å²) in [4.78, 5) is 11.0. The van der Waals surface area contributed by atoms with Gasteiger partial charge in [-0.25, -0.2) is 0 Å². The fourth-order valence-corrected chi connectivity index (χ4v) is 2.87. The van der Waals surface area contributed by atoms with E-state index in [9.17, 15) is 4.79 Å². The quantitative estimate of drug-likeness (QED) is 0.472. The lowest BCUT2D eigenvalue weighted by Crippen LogP contribution is -2.38. The topological polar surface area (TPSA) is 78.8 Å². The average molecular weight is 371 g/mol. The van der Waals surface area contributed by atoms with Crippen LogP contribution in [0.1, 0.15) is 30.4 Å². The molecule has 2 aromatic carbocycles. The number of carbonyl (C=O) groups is 1. The molecule has 0 saturated carbocycles. The number of aryl methyl sites for hydroxylation is 2. The molecular formula is C22H29NO4. The summed E-state index contributed by atoms with van der Waals surface area (Å²) in [5, 5.41) is 20.8. The number of carboxylic acid groups (broad SMARTS) is 1. The van der Waals surface area contributed by atoms with Crippen LogP contribution in [0.3, 0.4) is 0 Å². The Morgan fingerprint density at radius 3 is 2.30 bits per heavy atom. The number of aliphatic hydroxyl groups excluding tert-OH is 1. The van der Waals surface area contributed by atoms with E-state index in [0.29, 0.717) is 13.2 Å². The number of benzene rings is 2. The molecule has 0 radical (unpaired) electrons. The van der Waals surface area contributed by atoms with Crippen molar-refractivity contribution in [3.8, 4) is 5.75 Å². The molecule has 1 unspecified atom stereocenters. The Bertz CT molecular complexity index is 658. The molecule has 1 atom stereocenters. The zero-order valence-electron chi connectivity index (χ0n) is 15.6. The molecule has 0 amide bonds. The number of ether oxygens (including phenoxy) is 1. The number of rotatable bonds is 13. The fourth-order valence-electron chi connectivity index (χ4n) is 2.87. The van der Waals surface area contributed by atoms with Gasteiger partial charge in [0.2, 0.25) is 0 Å². The lowest BCUT2D eigenvalue weighted by molar-refractivity contribution is -0.139. The summed E-state index contributed by atoms with van der Waals surface area (Å²) in [7, 11) is 0. The molecule has 27 heavy (non-hydrogen) atoms. The third-order valence-electron chi connectivity index (χ3n) is 4.39. The first-order chi connectivity index (χ1) is 13.2. The van der Waals surface area contributed by atoms with Crippen LogP contribution in [-0.4, -0.2) is 42.0 Å². The second-order valence-corrected chi connectivity index (χ2v) is 6.54. The van der Waals surface area contributed by atoms with Gasteiger partial charge < -0.3 is 20.3 Å². The number of hydrogen-bond donors (Lipinski definition) is 3. The van der Waals surface area contributed by atoms with Gasteiger partial charge in [-0.1, -0.05) is 42.5 Å². The van der Waals surface area contributed by atoms with E-state index >= 15 is 0 Å². The summed E-state index contributed by atoms with van der Waals surface area (Å²) >= 11 is 0. The van der Waals surface area contributed by atoms with Crippen molar-refractivity contribution in [2.75, 3.05) is 19.8 Å². The summed E-state index contributed by atoms with van der Waals surface area (Å²) in [5.41, 5.74) is 2.52. The second kappa shape index (κ2) is 12.1. The van der Waals surface area contributed by atoms with Gasteiger partial charge in [0.1, 0.15) is 11.8 Å². The van der Waals surface area contributed by atoms with Crippen LogP contribution >= 0.6 is 0 Å². The molecular weight excluding hydrogens is 342 g/mol. The molecule has 2 rings (SSSR count). The maximum Gasteiger partial charge on any atom is 0.320 e. The SMILES string of the molecule is O=C(O)C(CCO)NCCCc1ccc(OCCCc2ccccc2)cc1. The van der Waals surface area contributed by atoms with E-state index in [4.69, 9.17) is 14.9 Å². The Hall–Kier alpha value is -2.37. The first-order valence-electron chi connectivity index (χ1n) is 9.52. The summed E-state index contributed by atoms with van der Waals surface area (Å²) in [6.45, 7) is 1.17. The molecule has 146 valence electrons. The largest absolute Gasteiger partial charge is 0.494 e. The third-order valence-corrected chi connectivity index (χ3v) is 4.39. The van der Waals surface area contributed by atoms with Crippen molar-refractivity contribution < 1.29 is 19.7 Å². The van der Waals surface area contributed by atoms with Gasteiger partial charge >= 0.3 is 5.97 Å². The van der Waals surface area contributed by atoms with Gasteiger partial charge in [-0.3, -0.25) is 4.79 Å². The van der Waals surface area contributed by atoms with Gasteiger partial charge in [-0.2, -0.15) is 0 Å². The van der Waals surface area contributed by atoms with Crippen molar-refractivity contribution in [3.63, 3.8) is 0 Å². The third kappa shape index (κ3) is 8.24. The normalized spacial score (nSPS) is 11.9. The highest BCUT2D eigenvalue weighted by atomic mass is 16.5. The molecule has 5 nitrogen and oxygen atoms in total. The molecule has 0 fully saturated rings. The van der Waals surface area contributed by atoms with Crippen molar-refractivity contribution in [2.45, 2.75) is 38.1 Å². The van der Waals surface area contributed by atoms with Gasteiger partial charge in [0.05, 0.1) is 6.61 Å². The van der Waals surface area contributed by atoms with Gasteiger partial charge in [0.25, 0.3) is 0 Å². The van der Waals surface area contributed by atoms with Gasteiger partial charge in [-0.05, 0) is 61.9 Å². The van der Waals surface area contributed by atoms with E-state index in [2.05, 4.69) is 41.7 Å². The summed E-state index contributed by atoms with van der Waals surface area (Å²) in [6, 6.07) is 17.8. The number of carboxylic acids is 1. The highest BCUT2D eigenvalue weighted by molar-refractivity contribution is 5.73. The first kappa shape index (κ1) is 20.9. The molecule has 0 heterocycles. The van der Waals surface area contributed by atoms with E-state index in [0.717, 1.165) is 31.4 Å². The van der Waals surface area contributed by atoms with Crippen LogP contribution in [-0.2, 0) is 17.6 Å². The molecule has 2 aromatic rings. The number of aliphatic carboxylic acids is 1. The van der Waals surface area contributed by atoms with E-state index in [1.807, 2.05) is 18.2 Å². The van der Waals surface area contributed by atoms with Crippen LogP contribution in [0.25, 0.3) is 0 Å². The number of nitrogens with one attached hydrogen (secondary N) is 1. The van der Waals surface area contributed by atoms with Crippen molar-refractivity contribution >= 4 is 5.97 Å². The van der Waals surface area contributed by atoms with Crippen LogP contribution in [0.5, 0.6) is 5.75 Å². The highest BCUT2D eigenvalue weighted by Crippen LogP contribution is 2.14. The van der Waals surface area contributed by atoms with Crippen LogP contribution in [0.4, 0.5) is 0 Å². The van der Waals surface area contributed by atoms with Gasteiger partial charge in [-0.15, -0.1) is 0 Å². The minimum Gasteiger partial charge on any atom is -0.494 e. The molecule has 0 aliphatic rings. The predicted molar refractivity (Wildman–Crippen MR) is 106 cm³/mol. The molecule has 0 aliphatic heterocycles. The molecule has 3 N–H and O–H groups in total. The molecule has 5 heteroatoms.